The summed E-state index contributed by atoms with van der Waals surface area (Å²) >= 11 is 0. The maximum absolute atomic E-state index is 12.5. The third kappa shape index (κ3) is 4.25. The Labute approximate surface area is 178 Å². The molecule has 1 heterocycles. The minimum Gasteiger partial charge on any atom is -0.507 e. The van der Waals surface area contributed by atoms with Gasteiger partial charge in [0.25, 0.3) is 5.91 Å². The molecule has 0 bridgehead atoms. The molecule has 0 saturated heterocycles. The Morgan fingerprint density at radius 3 is 2.55 bits per heavy atom. The number of carboxylic acids is 1. The average Bonchev–Trinajstić information content (AvgIpc) is 3.15. The standard InChI is InChI=1S/C24H21N3O4/c1-15-7-9-18(22(28)11-15)24(31)26-17-8-10-20-19(12-17)25-14-27(20)21(13-23(29)30)16-5-3-2-4-6-16/h2-12,14,21,28H,13H2,1H3,(H,26,31)(H,29,30). The molecule has 4 aromatic rings. The van der Waals surface area contributed by atoms with Crippen molar-refractivity contribution in [1.29, 1.82) is 0 Å². The van der Waals surface area contributed by atoms with Gasteiger partial charge in [-0.05, 0) is 48.4 Å². The van der Waals surface area contributed by atoms with E-state index in [1.165, 1.54) is 6.07 Å². The molecule has 156 valence electrons. The van der Waals surface area contributed by atoms with E-state index in [4.69, 9.17) is 0 Å². The van der Waals surface area contributed by atoms with Gasteiger partial charge in [-0.15, -0.1) is 0 Å². The van der Waals surface area contributed by atoms with Crippen molar-refractivity contribution in [3.8, 4) is 5.75 Å². The van der Waals surface area contributed by atoms with Crippen molar-refractivity contribution < 1.29 is 19.8 Å². The highest BCUT2D eigenvalue weighted by Gasteiger charge is 2.20. The number of fused-ring (bicyclic) bond motifs is 1. The van der Waals surface area contributed by atoms with Crippen LogP contribution in [0.2, 0.25) is 0 Å². The highest BCUT2D eigenvalue weighted by atomic mass is 16.4. The molecule has 0 saturated carbocycles. The van der Waals surface area contributed by atoms with Gasteiger partial charge in [-0.3, -0.25) is 9.59 Å². The predicted molar refractivity (Wildman–Crippen MR) is 117 cm³/mol. The van der Waals surface area contributed by atoms with Crippen LogP contribution in [0.15, 0.2) is 73.1 Å². The van der Waals surface area contributed by atoms with Crippen molar-refractivity contribution in [3.05, 3.63) is 89.7 Å². The van der Waals surface area contributed by atoms with E-state index in [0.29, 0.717) is 11.2 Å². The summed E-state index contributed by atoms with van der Waals surface area (Å²) < 4.78 is 1.83. The lowest BCUT2D eigenvalue weighted by Gasteiger charge is -2.18. The summed E-state index contributed by atoms with van der Waals surface area (Å²) in [5.74, 6) is -1.41. The van der Waals surface area contributed by atoms with Gasteiger partial charge in [0, 0.05) is 5.69 Å². The SMILES string of the molecule is Cc1ccc(C(=O)Nc2ccc3c(c2)ncn3C(CC(=O)O)c2ccccc2)c(O)c1. The van der Waals surface area contributed by atoms with Crippen LogP contribution < -0.4 is 5.32 Å². The molecule has 0 spiro atoms. The zero-order valence-corrected chi connectivity index (χ0v) is 16.8. The number of carbonyl (C=O) groups excluding carboxylic acids is 1. The molecule has 0 fully saturated rings. The Balaban J connectivity index is 1.64. The number of aryl methyl sites for hydroxylation is 1. The average molecular weight is 415 g/mol. The topological polar surface area (TPSA) is 104 Å². The molecule has 1 aromatic heterocycles. The fourth-order valence-corrected chi connectivity index (χ4v) is 3.61. The number of phenolic OH excluding ortho intramolecular Hbond substituents is 1. The van der Waals surface area contributed by atoms with E-state index in [-0.39, 0.29) is 17.7 Å². The van der Waals surface area contributed by atoms with E-state index < -0.39 is 17.9 Å². The van der Waals surface area contributed by atoms with E-state index in [1.54, 1.807) is 36.7 Å². The molecule has 4 rings (SSSR count). The van der Waals surface area contributed by atoms with Gasteiger partial charge in [-0.2, -0.15) is 0 Å². The molecule has 7 heteroatoms. The summed E-state index contributed by atoms with van der Waals surface area (Å²) in [5.41, 5.74) is 3.81. The second kappa shape index (κ2) is 8.31. The lowest BCUT2D eigenvalue weighted by Crippen LogP contribution is -2.14. The monoisotopic (exact) mass is 415 g/mol. The predicted octanol–water partition coefficient (Wildman–Crippen LogP) is 4.37. The number of carbonyl (C=O) groups is 2. The number of nitrogens with zero attached hydrogens (tertiary/aromatic N) is 2. The van der Waals surface area contributed by atoms with Crippen LogP contribution in [0, 0.1) is 6.92 Å². The van der Waals surface area contributed by atoms with Gasteiger partial charge in [0.2, 0.25) is 0 Å². The normalized spacial score (nSPS) is 11.9. The summed E-state index contributed by atoms with van der Waals surface area (Å²) in [5, 5.41) is 22.2. The number of amides is 1. The fraction of sp³-hybridized carbons (Fsp3) is 0.125. The number of hydrogen-bond acceptors (Lipinski definition) is 4. The van der Waals surface area contributed by atoms with Crippen molar-refractivity contribution in [3.63, 3.8) is 0 Å². The highest BCUT2D eigenvalue weighted by Crippen LogP contribution is 2.28. The van der Waals surface area contributed by atoms with Gasteiger partial charge in [0.05, 0.1) is 35.4 Å². The molecular formula is C24H21N3O4. The van der Waals surface area contributed by atoms with Crippen LogP contribution >= 0.6 is 0 Å². The molecule has 1 atom stereocenters. The Morgan fingerprint density at radius 2 is 1.84 bits per heavy atom. The first-order valence-corrected chi connectivity index (χ1v) is 9.76. The largest absolute Gasteiger partial charge is 0.507 e. The lowest BCUT2D eigenvalue weighted by atomic mass is 10.0. The smallest absolute Gasteiger partial charge is 0.305 e. The van der Waals surface area contributed by atoms with Crippen molar-refractivity contribution >= 4 is 28.6 Å². The zero-order chi connectivity index (χ0) is 22.0. The third-order valence-electron chi connectivity index (χ3n) is 5.12. The van der Waals surface area contributed by atoms with Crippen LogP contribution in [0.1, 0.15) is 33.9 Å². The van der Waals surface area contributed by atoms with Crippen LogP contribution in [0.3, 0.4) is 0 Å². The zero-order valence-electron chi connectivity index (χ0n) is 16.8. The second-order valence-corrected chi connectivity index (χ2v) is 7.35. The number of rotatable bonds is 6. The summed E-state index contributed by atoms with van der Waals surface area (Å²) in [7, 11) is 0. The molecule has 3 N–H and O–H groups in total. The first kappa shape index (κ1) is 20.2. The summed E-state index contributed by atoms with van der Waals surface area (Å²) in [6.07, 6.45) is 1.53. The minimum atomic E-state index is -0.905. The first-order valence-electron chi connectivity index (χ1n) is 9.76. The molecule has 0 aliphatic heterocycles. The number of imidazole rings is 1. The quantitative estimate of drug-likeness (QED) is 0.434. The summed E-state index contributed by atoms with van der Waals surface area (Å²) in [6, 6.07) is 19.1. The van der Waals surface area contributed by atoms with Crippen LogP contribution in [0.5, 0.6) is 5.75 Å². The fourth-order valence-electron chi connectivity index (χ4n) is 3.61. The first-order chi connectivity index (χ1) is 14.9. The van der Waals surface area contributed by atoms with Crippen molar-refractivity contribution in [2.75, 3.05) is 5.32 Å². The number of nitrogens with one attached hydrogen (secondary N) is 1. The molecule has 1 unspecified atom stereocenters. The van der Waals surface area contributed by atoms with Gasteiger partial charge in [-0.25, -0.2) is 4.98 Å². The number of phenols is 1. The molecule has 3 aromatic carbocycles. The Morgan fingerprint density at radius 1 is 1.06 bits per heavy atom. The Bertz CT molecular complexity index is 1260. The summed E-state index contributed by atoms with van der Waals surface area (Å²) in [6.45, 7) is 1.83. The molecule has 1 amide bonds. The second-order valence-electron chi connectivity index (χ2n) is 7.35. The van der Waals surface area contributed by atoms with E-state index in [1.807, 2.05) is 41.8 Å². The molecular weight excluding hydrogens is 394 g/mol. The Kier molecular flexibility index (Phi) is 5.41. The van der Waals surface area contributed by atoms with Crippen LogP contribution in [-0.4, -0.2) is 31.6 Å². The van der Waals surface area contributed by atoms with E-state index >= 15 is 0 Å². The molecule has 0 aliphatic rings. The highest BCUT2D eigenvalue weighted by molar-refractivity contribution is 6.06. The van der Waals surface area contributed by atoms with E-state index in [9.17, 15) is 19.8 Å². The Hall–Kier alpha value is -4.13. The van der Waals surface area contributed by atoms with Gasteiger partial charge in [-0.1, -0.05) is 36.4 Å². The van der Waals surface area contributed by atoms with E-state index in [2.05, 4.69) is 10.3 Å². The van der Waals surface area contributed by atoms with Gasteiger partial charge in [0.15, 0.2) is 0 Å². The number of aliphatic carboxylic acids is 1. The van der Waals surface area contributed by atoms with Gasteiger partial charge in [0.1, 0.15) is 5.75 Å². The number of anilines is 1. The molecule has 0 aliphatic carbocycles. The van der Waals surface area contributed by atoms with Crippen molar-refractivity contribution in [1.82, 2.24) is 9.55 Å². The maximum Gasteiger partial charge on any atom is 0.305 e. The molecule has 7 nitrogen and oxygen atoms in total. The van der Waals surface area contributed by atoms with Crippen molar-refractivity contribution in [2.24, 2.45) is 0 Å². The van der Waals surface area contributed by atoms with Gasteiger partial charge >= 0.3 is 5.97 Å². The minimum absolute atomic E-state index is 0.0813. The van der Waals surface area contributed by atoms with Crippen LogP contribution in [0.4, 0.5) is 5.69 Å². The van der Waals surface area contributed by atoms with E-state index in [0.717, 1.165) is 16.6 Å². The van der Waals surface area contributed by atoms with Crippen LogP contribution in [0.25, 0.3) is 11.0 Å². The molecule has 31 heavy (non-hydrogen) atoms. The number of hydrogen-bond donors (Lipinski definition) is 3. The van der Waals surface area contributed by atoms with Crippen LogP contribution in [-0.2, 0) is 4.79 Å². The number of aromatic nitrogens is 2. The maximum atomic E-state index is 12.5. The summed E-state index contributed by atoms with van der Waals surface area (Å²) in [4.78, 5) is 28.4. The third-order valence-corrected chi connectivity index (χ3v) is 5.12. The lowest BCUT2D eigenvalue weighted by molar-refractivity contribution is -0.137. The molecule has 0 radical (unpaired) electrons. The van der Waals surface area contributed by atoms with Gasteiger partial charge < -0.3 is 20.1 Å². The number of carboxylic acid groups (broad SMARTS) is 1. The number of aromatic hydroxyl groups is 1. The number of benzene rings is 3. The van der Waals surface area contributed by atoms with Crippen molar-refractivity contribution in [2.45, 2.75) is 19.4 Å².